The summed E-state index contributed by atoms with van der Waals surface area (Å²) in [5.74, 6) is 7.75. The van der Waals surface area contributed by atoms with E-state index in [1.54, 1.807) is 18.2 Å². The topological polar surface area (TPSA) is 74.2 Å². The number of nitrogens with one attached hydrogen (secondary N) is 2. The highest BCUT2D eigenvalue weighted by molar-refractivity contribution is 6.31. The van der Waals surface area contributed by atoms with E-state index in [4.69, 9.17) is 21.6 Å². The Bertz CT molecular complexity index is 1200. The fourth-order valence-corrected chi connectivity index (χ4v) is 6.11. The van der Waals surface area contributed by atoms with Crippen molar-refractivity contribution in [3.63, 3.8) is 0 Å². The maximum absolute atomic E-state index is 13.1. The van der Waals surface area contributed by atoms with E-state index in [0.717, 1.165) is 25.1 Å². The molecule has 0 atom stereocenters. The number of ether oxygens (including phenoxy) is 1. The Morgan fingerprint density at radius 2 is 1.76 bits per heavy atom. The molecule has 1 amide bonds. The van der Waals surface area contributed by atoms with Gasteiger partial charge in [0.15, 0.2) is 0 Å². The van der Waals surface area contributed by atoms with E-state index in [9.17, 15) is 4.79 Å². The molecule has 37 heavy (non-hydrogen) atoms. The van der Waals surface area contributed by atoms with Crippen molar-refractivity contribution >= 4 is 29.9 Å². The van der Waals surface area contributed by atoms with Gasteiger partial charge in [-0.25, -0.2) is 0 Å². The molecule has 0 spiro atoms. The number of amides is 1. The molecule has 2 aromatic carbocycles. The van der Waals surface area contributed by atoms with Gasteiger partial charge in [-0.2, -0.15) is 5.26 Å². The second kappa shape index (κ2) is 11.8. The molecule has 0 bridgehead atoms. The van der Waals surface area contributed by atoms with Crippen molar-refractivity contribution in [2.45, 2.75) is 59.1 Å². The van der Waals surface area contributed by atoms with E-state index >= 15 is 0 Å². The van der Waals surface area contributed by atoms with Gasteiger partial charge < -0.3 is 15.4 Å². The molecule has 4 rings (SSSR count). The van der Waals surface area contributed by atoms with Crippen LogP contribution in [0, 0.1) is 39.9 Å². The summed E-state index contributed by atoms with van der Waals surface area (Å²) in [6.07, 6.45) is 3.16. The van der Waals surface area contributed by atoms with Crippen molar-refractivity contribution in [1.29, 1.82) is 5.26 Å². The van der Waals surface area contributed by atoms with Crippen molar-refractivity contribution in [2.24, 2.45) is 16.7 Å². The second-order valence-corrected chi connectivity index (χ2v) is 11.5. The van der Waals surface area contributed by atoms with Crippen LogP contribution in [-0.2, 0) is 0 Å². The highest BCUT2D eigenvalue weighted by atomic mass is 35.5. The van der Waals surface area contributed by atoms with Gasteiger partial charge in [0.05, 0.1) is 10.6 Å². The lowest BCUT2D eigenvalue weighted by molar-refractivity contribution is -0.164. The van der Waals surface area contributed by atoms with Crippen molar-refractivity contribution in [3.8, 4) is 23.7 Å². The SMILES string of the molecule is CC1(C)C(NC(=O)c2ccc(C#CCC3CCNCC3)cc2)C(C)(C)C1Oc1ccc(C#N)c(Cl)c1.Cl. The second-order valence-electron chi connectivity index (χ2n) is 11.1. The van der Waals surface area contributed by atoms with Gasteiger partial charge >= 0.3 is 0 Å². The molecule has 1 saturated carbocycles. The van der Waals surface area contributed by atoms with E-state index in [0.29, 0.717) is 27.8 Å². The number of carbonyl (C=O) groups excluding carboxylic acids is 1. The molecule has 7 heteroatoms. The predicted molar refractivity (Wildman–Crippen MR) is 150 cm³/mol. The first-order valence-electron chi connectivity index (χ1n) is 12.6. The zero-order valence-electron chi connectivity index (χ0n) is 21.9. The van der Waals surface area contributed by atoms with E-state index in [1.807, 2.05) is 24.3 Å². The molecule has 0 aromatic heterocycles. The number of hydrogen-bond acceptors (Lipinski definition) is 4. The Hall–Kier alpha value is -2.70. The molecule has 2 fully saturated rings. The van der Waals surface area contributed by atoms with Crippen LogP contribution in [-0.4, -0.2) is 31.1 Å². The third kappa shape index (κ3) is 6.24. The third-order valence-corrected chi connectivity index (χ3v) is 7.97. The highest BCUT2D eigenvalue weighted by Crippen LogP contribution is 2.55. The standard InChI is InChI=1S/C30H34ClN3O2.ClH/c1-29(2)27(30(3,4)28(29)36-24-13-12-23(19-32)25(31)18-24)34-26(35)22-10-8-20(9-11-22)6-5-7-21-14-16-33-17-15-21;/h8-13,18,21,27-28,33H,7,14-17H2,1-4H3,(H,34,35);1H. The first-order chi connectivity index (χ1) is 17.1. The van der Waals surface area contributed by atoms with E-state index in [2.05, 4.69) is 56.2 Å². The van der Waals surface area contributed by atoms with Crippen molar-refractivity contribution in [2.75, 3.05) is 13.1 Å². The largest absolute Gasteiger partial charge is 0.489 e. The van der Waals surface area contributed by atoms with Crippen molar-refractivity contribution < 1.29 is 9.53 Å². The Morgan fingerprint density at radius 3 is 2.35 bits per heavy atom. The van der Waals surface area contributed by atoms with Crippen LogP contribution in [0.5, 0.6) is 5.75 Å². The number of nitriles is 1. The summed E-state index contributed by atoms with van der Waals surface area (Å²) in [6.45, 7) is 10.6. The van der Waals surface area contributed by atoms with Crippen LogP contribution in [0.15, 0.2) is 42.5 Å². The normalized spacial score (nSPS) is 21.7. The van der Waals surface area contributed by atoms with Crippen LogP contribution < -0.4 is 15.4 Å². The predicted octanol–water partition coefficient (Wildman–Crippen LogP) is 5.99. The van der Waals surface area contributed by atoms with Crippen molar-refractivity contribution in [1.82, 2.24) is 10.6 Å². The summed E-state index contributed by atoms with van der Waals surface area (Å²) in [6, 6.07) is 14.6. The molecule has 1 heterocycles. The molecule has 2 aliphatic rings. The fraction of sp³-hybridized carbons (Fsp3) is 0.467. The number of piperidine rings is 1. The number of carbonyl (C=O) groups is 1. The van der Waals surface area contributed by atoms with Crippen LogP contribution in [0.1, 0.15) is 68.4 Å². The van der Waals surface area contributed by atoms with Gasteiger partial charge in [0, 0.05) is 40.5 Å². The smallest absolute Gasteiger partial charge is 0.251 e. The zero-order chi connectivity index (χ0) is 25.9. The van der Waals surface area contributed by atoms with Gasteiger partial charge in [-0.1, -0.05) is 51.1 Å². The molecule has 196 valence electrons. The molecule has 2 aromatic rings. The lowest BCUT2D eigenvalue weighted by atomic mass is 9.49. The number of nitrogens with zero attached hydrogens (tertiary/aromatic N) is 1. The van der Waals surface area contributed by atoms with Crippen LogP contribution in [0.2, 0.25) is 5.02 Å². The van der Waals surface area contributed by atoms with Gasteiger partial charge in [0.1, 0.15) is 17.9 Å². The average Bonchev–Trinajstić information content (AvgIpc) is 2.86. The Kier molecular flexibility index (Phi) is 9.19. The van der Waals surface area contributed by atoms with Gasteiger partial charge in [0.25, 0.3) is 5.91 Å². The Morgan fingerprint density at radius 1 is 1.11 bits per heavy atom. The Labute approximate surface area is 231 Å². The summed E-state index contributed by atoms with van der Waals surface area (Å²) in [5, 5.41) is 16.1. The average molecular weight is 541 g/mol. The van der Waals surface area contributed by atoms with E-state index in [1.165, 1.54) is 12.8 Å². The number of halogens is 2. The monoisotopic (exact) mass is 539 g/mol. The van der Waals surface area contributed by atoms with E-state index < -0.39 is 0 Å². The third-order valence-electron chi connectivity index (χ3n) is 7.66. The summed E-state index contributed by atoms with van der Waals surface area (Å²) in [4.78, 5) is 13.1. The number of hydrogen-bond donors (Lipinski definition) is 2. The minimum Gasteiger partial charge on any atom is -0.489 e. The maximum atomic E-state index is 13.1. The molecular weight excluding hydrogens is 505 g/mol. The van der Waals surface area contributed by atoms with Gasteiger partial charge in [0.2, 0.25) is 0 Å². The zero-order valence-corrected chi connectivity index (χ0v) is 23.4. The van der Waals surface area contributed by atoms with Gasteiger partial charge in [-0.15, -0.1) is 12.4 Å². The van der Waals surface area contributed by atoms with Crippen LogP contribution in [0.4, 0.5) is 0 Å². The van der Waals surface area contributed by atoms with Crippen molar-refractivity contribution in [3.05, 3.63) is 64.2 Å². The summed E-state index contributed by atoms with van der Waals surface area (Å²) >= 11 is 6.19. The molecule has 1 aliphatic heterocycles. The van der Waals surface area contributed by atoms with Crippen LogP contribution in [0.3, 0.4) is 0 Å². The summed E-state index contributed by atoms with van der Waals surface area (Å²) in [7, 11) is 0. The van der Waals surface area contributed by atoms with Crippen LogP contribution >= 0.6 is 24.0 Å². The lowest BCUT2D eigenvalue weighted by Gasteiger charge is -2.63. The molecule has 2 N–H and O–H groups in total. The molecule has 5 nitrogen and oxygen atoms in total. The first-order valence-corrected chi connectivity index (χ1v) is 13.0. The van der Waals surface area contributed by atoms with Gasteiger partial charge in [-0.05, 0) is 68.2 Å². The Balaban J connectivity index is 0.00000380. The molecule has 0 unspecified atom stereocenters. The first kappa shape index (κ1) is 28.9. The quantitative estimate of drug-likeness (QED) is 0.458. The fourth-order valence-electron chi connectivity index (χ4n) is 5.90. The summed E-state index contributed by atoms with van der Waals surface area (Å²) in [5.41, 5.74) is 1.35. The van der Waals surface area contributed by atoms with Crippen LogP contribution in [0.25, 0.3) is 0 Å². The molecule has 1 aliphatic carbocycles. The minimum absolute atomic E-state index is 0. The summed E-state index contributed by atoms with van der Waals surface area (Å²) < 4.78 is 6.31. The lowest BCUT2D eigenvalue weighted by Crippen LogP contribution is -2.74. The number of benzene rings is 2. The molecular formula is C30H35Cl2N3O2. The minimum atomic E-state index is -0.306. The maximum Gasteiger partial charge on any atom is 0.251 e. The highest BCUT2D eigenvalue weighted by Gasteiger charge is 2.64. The van der Waals surface area contributed by atoms with Gasteiger partial charge in [-0.3, -0.25) is 4.79 Å². The van der Waals surface area contributed by atoms with E-state index in [-0.39, 0.29) is 41.3 Å². The molecule has 0 radical (unpaired) electrons. The molecule has 1 saturated heterocycles. The number of rotatable bonds is 5.